The van der Waals surface area contributed by atoms with Gasteiger partial charge in [-0.1, -0.05) is 15.9 Å². The van der Waals surface area contributed by atoms with Gasteiger partial charge in [-0.3, -0.25) is 4.40 Å². The smallest absolute Gasteiger partial charge is 0.195 e. The number of piperazine rings is 1. The lowest BCUT2D eigenvalue weighted by atomic mass is 10.2. The molecule has 98 valence electrons. The fraction of sp³-hybridized carbons (Fsp3) is 0.583. The molecule has 1 fully saturated rings. The zero-order chi connectivity index (χ0) is 12.7. The number of nitrogens with zero attached hydrogens (tertiary/aromatic N) is 4. The Morgan fingerprint density at radius 3 is 3.06 bits per heavy atom. The third-order valence-electron chi connectivity index (χ3n) is 3.73. The van der Waals surface area contributed by atoms with Crippen molar-refractivity contribution in [2.75, 3.05) is 31.6 Å². The molecule has 6 heteroatoms. The number of rotatable bonds is 2. The molecule has 0 amide bonds. The first-order valence-corrected chi connectivity index (χ1v) is 8.16. The van der Waals surface area contributed by atoms with E-state index < -0.39 is 0 Å². The van der Waals surface area contributed by atoms with E-state index in [1.165, 1.54) is 5.69 Å². The Kier molecular flexibility index (Phi) is 3.34. The van der Waals surface area contributed by atoms with Crippen molar-refractivity contribution in [1.29, 1.82) is 0 Å². The molecule has 0 aliphatic carbocycles. The summed E-state index contributed by atoms with van der Waals surface area (Å²) >= 11 is 5.29. The fourth-order valence-corrected chi connectivity index (χ4v) is 3.69. The van der Waals surface area contributed by atoms with Crippen molar-refractivity contribution < 1.29 is 0 Å². The van der Waals surface area contributed by atoms with E-state index in [0.29, 0.717) is 6.04 Å². The summed E-state index contributed by atoms with van der Waals surface area (Å²) in [5, 5.41) is 2.94. The maximum atomic E-state index is 4.79. The predicted octanol–water partition coefficient (Wildman–Crippen LogP) is 2.43. The van der Waals surface area contributed by atoms with Gasteiger partial charge in [0.15, 0.2) is 10.8 Å². The van der Waals surface area contributed by atoms with Crippen molar-refractivity contribution in [1.82, 2.24) is 14.3 Å². The number of likely N-dealkylation sites (N-methyl/N-ethyl adjacent to an activating group) is 1. The lowest BCUT2D eigenvalue weighted by Gasteiger charge is -2.38. The summed E-state index contributed by atoms with van der Waals surface area (Å²) in [4.78, 5) is 10.7. The number of halogens is 1. The molecular formula is C12H17BrN4S. The number of fused-ring (bicyclic) bond motifs is 1. The summed E-state index contributed by atoms with van der Waals surface area (Å²) in [6, 6.07) is 0.585. The van der Waals surface area contributed by atoms with E-state index in [0.717, 1.165) is 35.7 Å². The van der Waals surface area contributed by atoms with Crippen LogP contribution in [-0.4, -0.2) is 47.0 Å². The number of aromatic nitrogens is 2. The molecule has 1 aliphatic heterocycles. The van der Waals surface area contributed by atoms with Crippen molar-refractivity contribution in [2.24, 2.45) is 0 Å². The lowest BCUT2D eigenvalue weighted by Crippen LogP contribution is -2.50. The van der Waals surface area contributed by atoms with Gasteiger partial charge in [0.05, 0.1) is 5.69 Å². The van der Waals surface area contributed by atoms with Gasteiger partial charge < -0.3 is 9.80 Å². The molecule has 3 rings (SSSR count). The fourth-order valence-electron chi connectivity index (χ4n) is 2.44. The molecular weight excluding hydrogens is 312 g/mol. The minimum Gasteiger partial charge on any atom is -0.352 e. The third kappa shape index (κ3) is 1.96. The van der Waals surface area contributed by atoms with Gasteiger partial charge in [0, 0.05) is 42.6 Å². The number of hydrogen-bond donors (Lipinski definition) is 0. The zero-order valence-corrected chi connectivity index (χ0v) is 13.0. The van der Waals surface area contributed by atoms with E-state index in [4.69, 9.17) is 4.98 Å². The summed E-state index contributed by atoms with van der Waals surface area (Å²) < 4.78 is 2.19. The highest BCUT2D eigenvalue weighted by Crippen LogP contribution is 2.27. The molecule has 1 atom stereocenters. The standard InChI is InChI=1S/C12H17BrN4S/c1-9-8-16(4-3-15(9)2)11-10(7-13)17-5-6-18-12(17)14-11/h5-6,9H,3-4,7-8H2,1-2H3. The zero-order valence-electron chi connectivity index (χ0n) is 10.6. The molecule has 1 unspecified atom stereocenters. The summed E-state index contributed by atoms with van der Waals surface area (Å²) in [6.07, 6.45) is 2.10. The van der Waals surface area contributed by atoms with Crippen LogP contribution in [0.15, 0.2) is 11.6 Å². The minimum atomic E-state index is 0.585. The highest BCUT2D eigenvalue weighted by molar-refractivity contribution is 9.08. The SMILES string of the molecule is CC1CN(c2nc3sccn3c2CBr)CCN1C. The monoisotopic (exact) mass is 328 g/mol. The van der Waals surface area contributed by atoms with E-state index >= 15 is 0 Å². The lowest BCUT2D eigenvalue weighted by molar-refractivity contribution is 0.233. The van der Waals surface area contributed by atoms with Gasteiger partial charge in [-0.2, -0.15) is 0 Å². The molecule has 0 radical (unpaired) electrons. The Bertz CT molecular complexity index is 549. The van der Waals surface area contributed by atoms with Gasteiger partial charge in [0.2, 0.25) is 0 Å². The molecule has 1 saturated heterocycles. The molecule has 0 aromatic carbocycles. The first-order valence-electron chi connectivity index (χ1n) is 6.16. The molecule has 2 aromatic heterocycles. The summed E-state index contributed by atoms with van der Waals surface area (Å²) in [6.45, 7) is 5.50. The summed E-state index contributed by atoms with van der Waals surface area (Å²) in [7, 11) is 2.19. The largest absolute Gasteiger partial charge is 0.352 e. The first-order chi connectivity index (χ1) is 8.70. The molecule has 0 saturated carbocycles. The molecule has 1 aliphatic rings. The second kappa shape index (κ2) is 4.83. The Morgan fingerprint density at radius 1 is 1.50 bits per heavy atom. The third-order valence-corrected chi connectivity index (χ3v) is 5.01. The molecule has 3 heterocycles. The van der Waals surface area contributed by atoms with Crippen molar-refractivity contribution in [3.05, 3.63) is 17.3 Å². The number of thiazole rings is 1. The second-order valence-corrected chi connectivity index (χ2v) is 6.28. The molecule has 2 aromatic rings. The van der Waals surface area contributed by atoms with Crippen LogP contribution in [0.4, 0.5) is 5.82 Å². The summed E-state index contributed by atoms with van der Waals surface area (Å²) in [5.41, 5.74) is 1.27. The average molecular weight is 329 g/mol. The van der Waals surface area contributed by atoms with Crippen molar-refractivity contribution in [3.8, 4) is 0 Å². The van der Waals surface area contributed by atoms with E-state index in [9.17, 15) is 0 Å². The van der Waals surface area contributed by atoms with Crippen LogP contribution in [-0.2, 0) is 5.33 Å². The quantitative estimate of drug-likeness (QED) is 0.791. The van der Waals surface area contributed by atoms with Crippen LogP contribution in [0.2, 0.25) is 0 Å². The Morgan fingerprint density at radius 2 is 2.33 bits per heavy atom. The highest BCUT2D eigenvalue weighted by atomic mass is 79.9. The van der Waals surface area contributed by atoms with E-state index in [1.807, 2.05) is 0 Å². The Hall–Kier alpha value is -0.590. The van der Waals surface area contributed by atoms with Crippen LogP contribution in [0.5, 0.6) is 0 Å². The molecule has 18 heavy (non-hydrogen) atoms. The summed E-state index contributed by atoms with van der Waals surface area (Å²) in [5.74, 6) is 1.15. The van der Waals surface area contributed by atoms with Gasteiger partial charge in [-0.25, -0.2) is 4.98 Å². The highest BCUT2D eigenvalue weighted by Gasteiger charge is 2.25. The Balaban J connectivity index is 1.96. The molecule has 4 nitrogen and oxygen atoms in total. The van der Waals surface area contributed by atoms with E-state index in [1.54, 1.807) is 11.3 Å². The van der Waals surface area contributed by atoms with Crippen molar-refractivity contribution in [2.45, 2.75) is 18.3 Å². The number of alkyl halides is 1. The van der Waals surface area contributed by atoms with E-state index in [2.05, 4.69) is 55.7 Å². The predicted molar refractivity (Wildman–Crippen MR) is 80.0 cm³/mol. The normalized spacial score (nSPS) is 21.9. The van der Waals surface area contributed by atoms with Gasteiger partial charge in [0.25, 0.3) is 0 Å². The van der Waals surface area contributed by atoms with Crippen LogP contribution < -0.4 is 4.90 Å². The maximum absolute atomic E-state index is 4.79. The van der Waals surface area contributed by atoms with Crippen LogP contribution in [0.1, 0.15) is 12.6 Å². The first kappa shape index (κ1) is 12.4. The molecule has 0 bridgehead atoms. The van der Waals surface area contributed by atoms with Gasteiger partial charge in [0.1, 0.15) is 0 Å². The minimum absolute atomic E-state index is 0.585. The van der Waals surface area contributed by atoms with Crippen LogP contribution in [0.3, 0.4) is 0 Å². The maximum Gasteiger partial charge on any atom is 0.195 e. The van der Waals surface area contributed by atoms with Gasteiger partial charge >= 0.3 is 0 Å². The van der Waals surface area contributed by atoms with Crippen LogP contribution >= 0.6 is 27.3 Å². The van der Waals surface area contributed by atoms with Crippen molar-refractivity contribution in [3.63, 3.8) is 0 Å². The van der Waals surface area contributed by atoms with Gasteiger partial charge in [-0.05, 0) is 14.0 Å². The average Bonchev–Trinajstić information content (AvgIpc) is 2.92. The number of hydrogen-bond acceptors (Lipinski definition) is 4. The second-order valence-electron chi connectivity index (χ2n) is 4.85. The number of anilines is 1. The molecule has 0 N–H and O–H groups in total. The number of imidazole rings is 1. The molecule has 0 spiro atoms. The van der Waals surface area contributed by atoms with Crippen LogP contribution in [0.25, 0.3) is 4.96 Å². The van der Waals surface area contributed by atoms with Gasteiger partial charge in [-0.15, -0.1) is 11.3 Å². The topological polar surface area (TPSA) is 23.8 Å². The van der Waals surface area contributed by atoms with Crippen molar-refractivity contribution >= 4 is 38.0 Å². The van der Waals surface area contributed by atoms with Crippen LogP contribution in [0, 0.1) is 0 Å². The van der Waals surface area contributed by atoms with E-state index in [-0.39, 0.29) is 0 Å². The Labute approximate surface area is 119 Å².